The second-order valence-electron chi connectivity index (χ2n) is 9.98. The van der Waals surface area contributed by atoms with Gasteiger partial charge in [0.15, 0.2) is 15.5 Å². The number of hydrogen-bond donors (Lipinski definition) is 1. The third-order valence-corrected chi connectivity index (χ3v) is 8.51. The molecule has 3 aromatic carbocycles. The van der Waals surface area contributed by atoms with Gasteiger partial charge in [-0.3, -0.25) is 4.79 Å². The highest BCUT2D eigenvalue weighted by atomic mass is 32.2. The van der Waals surface area contributed by atoms with Gasteiger partial charge in [0.25, 0.3) is 5.91 Å². The predicted octanol–water partition coefficient (Wildman–Crippen LogP) is 4.28. The summed E-state index contributed by atoms with van der Waals surface area (Å²) in [6.07, 6.45) is 2.06. The van der Waals surface area contributed by atoms with Crippen molar-refractivity contribution in [3.8, 4) is 16.8 Å². The Morgan fingerprint density at radius 3 is 2.21 bits per heavy atom. The third-order valence-electron chi connectivity index (χ3n) is 6.80. The zero-order valence-corrected chi connectivity index (χ0v) is 23.0. The Balaban J connectivity index is 1.31. The zero-order chi connectivity index (χ0) is 27.7. The maximum Gasteiger partial charge on any atom is 0.269 e. The molecule has 0 radical (unpaired) electrons. The molecule has 0 aliphatic carbocycles. The normalized spacial score (nSPS) is 11.9. The van der Waals surface area contributed by atoms with Crippen LogP contribution >= 0.6 is 0 Å². The number of amides is 1. The number of nitrogens with zero attached hydrogens (tertiary/aromatic N) is 4. The molecule has 0 saturated heterocycles. The lowest BCUT2D eigenvalue weighted by Gasteiger charge is -2.11. The standard InChI is InChI=1S/C30H31N5O3S/c1-21-18-28(30(31)36)32-35(21)26-10-13-29-25(19-26)14-15-34(29)20-22-4-6-23(7-5-22)24-8-11-27(12-9-24)39(37,38)17-16-33(2)3/h4-15,18-19H,16-17,20H2,1-3H3,(H2,31,36). The lowest BCUT2D eigenvalue weighted by atomic mass is 10.0. The fourth-order valence-corrected chi connectivity index (χ4v) is 5.98. The molecule has 1 amide bonds. The van der Waals surface area contributed by atoms with Crippen LogP contribution in [0.3, 0.4) is 0 Å². The minimum Gasteiger partial charge on any atom is -0.364 e. The van der Waals surface area contributed by atoms with E-state index >= 15 is 0 Å². The fraction of sp³-hybridized carbons (Fsp3) is 0.200. The Kier molecular flexibility index (Phi) is 7.12. The monoisotopic (exact) mass is 541 g/mol. The van der Waals surface area contributed by atoms with Crippen molar-refractivity contribution in [2.75, 3.05) is 26.4 Å². The maximum absolute atomic E-state index is 12.6. The van der Waals surface area contributed by atoms with E-state index in [1.165, 1.54) is 0 Å². The first kappa shape index (κ1) is 26.4. The second-order valence-corrected chi connectivity index (χ2v) is 12.1. The number of rotatable bonds is 9. The van der Waals surface area contributed by atoms with Crippen LogP contribution in [0.2, 0.25) is 0 Å². The quantitative estimate of drug-likeness (QED) is 0.300. The van der Waals surface area contributed by atoms with Gasteiger partial charge in [-0.1, -0.05) is 36.4 Å². The van der Waals surface area contributed by atoms with E-state index < -0.39 is 15.7 Å². The molecule has 0 fully saturated rings. The molecule has 2 heterocycles. The van der Waals surface area contributed by atoms with Crippen molar-refractivity contribution in [2.45, 2.75) is 18.4 Å². The van der Waals surface area contributed by atoms with Crippen molar-refractivity contribution in [1.82, 2.24) is 19.2 Å². The van der Waals surface area contributed by atoms with Crippen molar-refractivity contribution in [3.05, 3.63) is 102 Å². The number of aromatic nitrogens is 3. The number of hydrogen-bond acceptors (Lipinski definition) is 5. The first-order chi connectivity index (χ1) is 18.6. The van der Waals surface area contributed by atoms with E-state index in [2.05, 4.69) is 52.3 Å². The molecule has 0 unspecified atom stereocenters. The number of nitrogens with two attached hydrogens (primary N) is 1. The molecule has 0 saturated carbocycles. The molecular weight excluding hydrogens is 510 g/mol. The average molecular weight is 542 g/mol. The first-order valence-corrected chi connectivity index (χ1v) is 14.3. The van der Waals surface area contributed by atoms with Crippen LogP contribution in [0, 0.1) is 6.92 Å². The van der Waals surface area contributed by atoms with Crippen LogP contribution in [0.25, 0.3) is 27.7 Å². The Labute approximate surface area is 228 Å². The largest absolute Gasteiger partial charge is 0.364 e. The van der Waals surface area contributed by atoms with Gasteiger partial charge in [-0.25, -0.2) is 13.1 Å². The van der Waals surface area contributed by atoms with Gasteiger partial charge in [-0.05, 0) is 80.2 Å². The van der Waals surface area contributed by atoms with Crippen LogP contribution < -0.4 is 5.73 Å². The third kappa shape index (κ3) is 5.64. The van der Waals surface area contributed by atoms with Gasteiger partial charge < -0.3 is 15.2 Å². The minimum absolute atomic E-state index is 0.0997. The number of sulfone groups is 1. The van der Waals surface area contributed by atoms with Gasteiger partial charge in [0, 0.05) is 35.9 Å². The van der Waals surface area contributed by atoms with E-state index in [4.69, 9.17) is 5.73 Å². The number of fused-ring (bicyclic) bond motifs is 1. The second kappa shape index (κ2) is 10.5. The maximum atomic E-state index is 12.6. The first-order valence-electron chi connectivity index (χ1n) is 12.6. The molecule has 8 nitrogen and oxygen atoms in total. The van der Waals surface area contributed by atoms with Gasteiger partial charge in [-0.2, -0.15) is 5.10 Å². The molecule has 2 N–H and O–H groups in total. The van der Waals surface area contributed by atoms with E-state index in [0.717, 1.165) is 39.0 Å². The highest BCUT2D eigenvalue weighted by molar-refractivity contribution is 7.91. The molecular formula is C30H31N5O3S. The van der Waals surface area contributed by atoms with Crippen LogP contribution in [0.1, 0.15) is 21.7 Å². The molecule has 0 aliphatic rings. The summed E-state index contributed by atoms with van der Waals surface area (Å²) in [4.78, 5) is 13.7. The summed E-state index contributed by atoms with van der Waals surface area (Å²) in [7, 11) is 0.430. The van der Waals surface area contributed by atoms with Gasteiger partial charge in [0.05, 0.1) is 16.3 Å². The number of benzene rings is 3. The summed E-state index contributed by atoms with van der Waals surface area (Å²) in [6.45, 7) is 3.09. The molecule has 0 bridgehead atoms. The molecule has 2 aromatic heterocycles. The summed E-state index contributed by atoms with van der Waals surface area (Å²) in [6, 6.07) is 25.2. The number of primary amides is 1. The minimum atomic E-state index is -3.30. The lowest BCUT2D eigenvalue weighted by molar-refractivity contribution is 0.0995. The van der Waals surface area contributed by atoms with Crippen molar-refractivity contribution in [1.29, 1.82) is 0 Å². The molecule has 5 aromatic rings. The lowest BCUT2D eigenvalue weighted by Crippen LogP contribution is -2.21. The zero-order valence-electron chi connectivity index (χ0n) is 22.2. The fourth-order valence-electron chi connectivity index (χ4n) is 4.59. The molecule has 39 heavy (non-hydrogen) atoms. The molecule has 0 spiro atoms. The van der Waals surface area contributed by atoms with Crippen LogP contribution in [0.4, 0.5) is 0 Å². The smallest absolute Gasteiger partial charge is 0.269 e. The van der Waals surface area contributed by atoms with Crippen molar-refractivity contribution >= 4 is 26.6 Å². The summed E-state index contributed by atoms with van der Waals surface area (Å²) in [5.74, 6) is -0.446. The Morgan fingerprint density at radius 2 is 1.59 bits per heavy atom. The van der Waals surface area contributed by atoms with Crippen molar-refractivity contribution in [3.63, 3.8) is 0 Å². The number of aryl methyl sites for hydroxylation is 1. The Bertz CT molecular complexity index is 1750. The molecule has 5 rings (SSSR count). The number of carbonyl (C=O) groups is 1. The van der Waals surface area contributed by atoms with E-state index in [-0.39, 0.29) is 11.4 Å². The van der Waals surface area contributed by atoms with Crippen molar-refractivity contribution < 1.29 is 13.2 Å². The van der Waals surface area contributed by atoms with Gasteiger partial charge in [-0.15, -0.1) is 0 Å². The summed E-state index contributed by atoms with van der Waals surface area (Å²) >= 11 is 0. The van der Waals surface area contributed by atoms with E-state index in [1.807, 2.05) is 50.2 Å². The van der Waals surface area contributed by atoms with Crippen LogP contribution in [0.15, 0.2) is 90.0 Å². The van der Waals surface area contributed by atoms with E-state index in [9.17, 15) is 13.2 Å². The van der Waals surface area contributed by atoms with Gasteiger partial charge >= 0.3 is 0 Å². The summed E-state index contributed by atoms with van der Waals surface area (Å²) < 4.78 is 29.0. The van der Waals surface area contributed by atoms with Crippen LogP contribution in [-0.4, -0.2) is 60.0 Å². The average Bonchev–Trinajstić information content (AvgIpc) is 3.51. The molecule has 0 aliphatic heterocycles. The summed E-state index contributed by atoms with van der Waals surface area (Å²) in [5, 5.41) is 5.40. The molecule has 0 atom stereocenters. The predicted molar refractivity (Wildman–Crippen MR) is 154 cm³/mol. The SMILES string of the molecule is Cc1cc(C(N)=O)nn1-c1ccc2c(ccn2Cc2ccc(-c3ccc(S(=O)(=O)CCN(C)C)cc3)cc2)c1. The van der Waals surface area contributed by atoms with Gasteiger partial charge in [0.2, 0.25) is 0 Å². The Hall–Kier alpha value is -4.21. The summed E-state index contributed by atoms with van der Waals surface area (Å²) in [5.41, 5.74) is 11.6. The van der Waals surface area contributed by atoms with Crippen LogP contribution in [0.5, 0.6) is 0 Å². The number of carbonyl (C=O) groups excluding carboxylic acids is 1. The highest BCUT2D eigenvalue weighted by Crippen LogP contribution is 2.25. The Morgan fingerprint density at radius 1 is 0.923 bits per heavy atom. The van der Waals surface area contributed by atoms with E-state index in [0.29, 0.717) is 18.0 Å². The highest BCUT2D eigenvalue weighted by Gasteiger charge is 2.15. The molecule has 9 heteroatoms. The van der Waals surface area contributed by atoms with Crippen LogP contribution in [-0.2, 0) is 16.4 Å². The molecule has 200 valence electrons. The van der Waals surface area contributed by atoms with Crippen molar-refractivity contribution in [2.24, 2.45) is 5.73 Å². The van der Waals surface area contributed by atoms with Gasteiger partial charge in [0.1, 0.15) is 0 Å². The topological polar surface area (TPSA) is 103 Å². The van der Waals surface area contributed by atoms with E-state index in [1.54, 1.807) is 22.9 Å².